The molecule has 3 unspecified atom stereocenters. The van der Waals surface area contributed by atoms with E-state index in [2.05, 4.69) is 27.4 Å². The lowest BCUT2D eigenvalue weighted by Crippen LogP contribution is -2.50. The molecule has 6 fully saturated rings. The summed E-state index contributed by atoms with van der Waals surface area (Å²) in [6, 6.07) is 15.3. The summed E-state index contributed by atoms with van der Waals surface area (Å²) in [5.74, 6) is 1.60. The fraction of sp³-hybridized carbons (Fsp3) is 0.562. The third-order valence-electron chi connectivity index (χ3n) is 9.26. The van der Waals surface area contributed by atoms with Crippen molar-refractivity contribution in [1.82, 2.24) is 20.4 Å². The first-order valence-corrected chi connectivity index (χ1v) is 15.7. The quantitative estimate of drug-likeness (QED) is 0.460. The number of halogens is 2. The fourth-order valence-corrected chi connectivity index (χ4v) is 7.26. The van der Waals surface area contributed by atoms with Crippen LogP contribution in [0.15, 0.2) is 48.5 Å². The number of nitrogens with one attached hydrogen (secondary N) is 2. The van der Waals surface area contributed by atoms with Gasteiger partial charge in [-0.15, -0.1) is 0 Å². The number of carbonyl (C=O) groups is 2. The molecular weight excluding hydrogens is 543 g/mol. The van der Waals surface area contributed by atoms with Crippen molar-refractivity contribution < 1.29 is 9.59 Å². The van der Waals surface area contributed by atoms with Crippen LogP contribution >= 0.6 is 23.2 Å². The molecule has 0 saturated carbocycles. The fourth-order valence-electron chi connectivity index (χ4n) is 7.01. The van der Waals surface area contributed by atoms with Gasteiger partial charge < -0.3 is 15.5 Å². The van der Waals surface area contributed by atoms with Crippen molar-refractivity contribution in [3.63, 3.8) is 0 Å². The molecule has 0 spiro atoms. The molecule has 2 aromatic rings. The minimum absolute atomic E-state index is 0.0177. The SMILES string of the molecule is CCC1C(NC(=O)c2ccc(Cl)cc2)CC2CCN1CC2.O=C(NC1CC2CCN(CC2)C1)c1ccc(Cl)cc1. The zero-order valence-corrected chi connectivity index (χ0v) is 25.0. The normalized spacial score (nSPS) is 30.8. The molecule has 0 aromatic heterocycles. The Balaban J connectivity index is 0.000000162. The van der Waals surface area contributed by atoms with Gasteiger partial charge in [0.25, 0.3) is 11.8 Å². The number of amides is 2. The molecule has 40 heavy (non-hydrogen) atoms. The minimum Gasteiger partial charge on any atom is -0.348 e. The second-order valence-corrected chi connectivity index (χ2v) is 12.8. The summed E-state index contributed by atoms with van der Waals surface area (Å²) in [4.78, 5) is 29.7. The van der Waals surface area contributed by atoms with E-state index in [0.29, 0.717) is 27.2 Å². The van der Waals surface area contributed by atoms with Crippen molar-refractivity contribution in [3.8, 4) is 0 Å². The van der Waals surface area contributed by atoms with Gasteiger partial charge >= 0.3 is 0 Å². The maximum absolute atomic E-state index is 12.5. The lowest BCUT2D eigenvalue weighted by atomic mass is 9.92. The topological polar surface area (TPSA) is 64.7 Å². The van der Waals surface area contributed by atoms with E-state index in [1.807, 2.05) is 0 Å². The highest BCUT2D eigenvalue weighted by molar-refractivity contribution is 6.31. The van der Waals surface area contributed by atoms with Crippen molar-refractivity contribution in [2.24, 2.45) is 11.8 Å². The number of hydrogen-bond donors (Lipinski definition) is 2. The van der Waals surface area contributed by atoms with E-state index >= 15 is 0 Å². The standard InChI is InChI=1S/C17H23ClN2O.C15H19ClN2O/c1-2-16-15(11-12-7-9-20(16)10-8-12)19-17(21)13-3-5-14(18)6-4-13;16-13-3-1-12(2-4-13)15(19)17-14-9-11-5-7-18(10-14)8-6-11/h3-6,12,15-16H,2,7-11H2,1H3,(H,19,21);1-4,11,14H,5-10H2,(H,17,19). The third kappa shape index (κ3) is 7.58. The molecule has 2 amide bonds. The van der Waals surface area contributed by atoms with Crippen LogP contribution in [0.25, 0.3) is 0 Å². The van der Waals surface area contributed by atoms with Crippen molar-refractivity contribution in [2.75, 3.05) is 32.7 Å². The minimum atomic E-state index is 0.0177. The molecule has 2 N–H and O–H groups in total. The predicted molar refractivity (Wildman–Crippen MR) is 162 cm³/mol. The van der Waals surface area contributed by atoms with E-state index in [-0.39, 0.29) is 23.9 Å². The molecule has 4 bridgehead atoms. The van der Waals surface area contributed by atoms with Gasteiger partial charge in [-0.1, -0.05) is 30.1 Å². The van der Waals surface area contributed by atoms with Gasteiger partial charge in [0.05, 0.1) is 0 Å². The smallest absolute Gasteiger partial charge is 0.251 e. The number of benzene rings is 2. The van der Waals surface area contributed by atoms with Crippen molar-refractivity contribution in [3.05, 3.63) is 69.7 Å². The van der Waals surface area contributed by atoms with Crippen LogP contribution in [0, 0.1) is 11.8 Å². The number of rotatable bonds is 5. The van der Waals surface area contributed by atoms with Crippen molar-refractivity contribution in [2.45, 2.75) is 70.0 Å². The average molecular weight is 586 g/mol. The third-order valence-corrected chi connectivity index (χ3v) is 9.76. The number of hydrogen-bond acceptors (Lipinski definition) is 4. The van der Waals surface area contributed by atoms with Gasteiger partial charge in [0.1, 0.15) is 0 Å². The van der Waals surface area contributed by atoms with Crippen molar-refractivity contribution >= 4 is 35.0 Å². The Labute approximate surface area is 248 Å². The van der Waals surface area contributed by atoms with Crippen LogP contribution in [0.1, 0.15) is 72.6 Å². The molecule has 3 atom stereocenters. The highest BCUT2D eigenvalue weighted by Gasteiger charge is 2.36. The number of carbonyl (C=O) groups excluding carboxylic acids is 2. The Morgan fingerprint density at radius 1 is 0.750 bits per heavy atom. The second-order valence-electron chi connectivity index (χ2n) is 11.9. The second kappa shape index (κ2) is 13.7. The lowest BCUT2D eigenvalue weighted by molar-refractivity contribution is 0.0895. The molecule has 6 aliphatic heterocycles. The van der Waals surface area contributed by atoms with Gasteiger partial charge in [-0.25, -0.2) is 0 Å². The summed E-state index contributed by atoms with van der Waals surface area (Å²) < 4.78 is 0. The van der Waals surface area contributed by atoms with Crippen LogP contribution in [-0.4, -0.2) is 72.5 Å². The summed E-state index contributed by atoms with van der Waals surface area (Å²) >= 11 is 11.7. The molecule has 216 valence electrons. The molecular formula is C32H42Cl2N4O2. The molecule has 6 aliphatic rings. The van der Waals surface area contributed by atoms with Crippen LogP contribution in [0.2, 0.25) is 10.0 Å². The van der Waals surface area contributed by atoms with Gasteiger partial charge in [-0.3, -0.25) is 14.5 Å². The zero-order valence-electron chi connectivity index (χ0n) is 23.5. The first kappa shape index (κ1) is 29.4. The Morgan fingerprint density at radius 2 is 1.25 bits per heavy atom. The summed E-state index contributed by atoms with van der Waals surface area (Å²) in [5.41, 5.74) is 1.39. The molecule has 8 heteroatoms. The van der Waals surface area contributed by atoms with E-state index in [1.165, 1.54) is 51.9 Å². The first-order chi connectivity index (χ1) is 19.4. The molecule has 6 heterocycles. The van der Waals surface area contributed by atoms with Crippen LogP contribution in [0.3, 0.4) is 0 Å². The van der Waals surface area contributed by atoms with Gasteiger partial charge in [0.15, 0.2) is 0 Å². The Bertz CT molecular complexity index is 1110. The number of nitrogens with zero attached hydrogens (tertiary/aromatic N) is 2. The molecule has 6 saturated heterocycles. The Kier molecular flexibility index (Phi) is 10.1. The summed E-state index contributed by atoms with van der Waals surface area (Å²) in [7, 11) is 0. The van der Waals surface area contributed by atoms with E-state index < -0.39 is 0 Å². The Hall–Kier alpha value is -2.12. The Morgan fingerprint density at radius 3 is 1.80 bits per heavy atom. The van der Waals surface area contributed by atoms with E-state index in [9.17, 15) is 9.59 Å². The van der Waals surface area contributed by atoms with Crippen LogP contribution in [0.4, 0.5) is 0 Å². The predicted octanol–water partition coefficient (Wildman–Crippen LogP) is 5.89. The zero-order chi connectivity index (χ0) is 28.1. The van der Waals surface area contributed by atoms with Gasteiger partial charge in [0, 0.05) is 45.8 Å². The highest BCUT2D eigenvalue weighted by Crippen LogP contribution is 2.32. The number of piperidine rings is 2. The summed E-state index contributed by atoms with van der Waals surface area (Å²) in [6.45, 7) is 7.99. The van der Waals surface area contributed by atoms with Crippen molar-refractivity contribution in [1.29, 1.82) is 0 Å². The summed E-state index contributed by atoms with van der Waals surface area (Å²) in [5, 5.41) is 7.77. The van der Waals surface area contributed by atoms with Crippen LogP contribution in [0.5, 0.6) is 0 Å². The van der Waals surface area contributed by atoms with E-state index in [4.69, 9.17) is 23.2 Å². The molecule has 6 nitrogen and oxygen atoms in total. The lowest BCUT2D eigenvalue weighted by Gasteiger charge is -2.34. The van der Waals surface area contributed by atoms with Crippen LogP contribution < -0.4 is 10.6 Å². The largest absolute Gasteiger partial charge is 0.348 e. The molecule has 8 rings (SSSR count). The van der Waals surface area contributed by atoms with E-state index in [0.717, 1.165) is 37.6 Å². The summed E-state index contributed by atoms with van der Waals surface area (Å²) in [6.07, 6.45) is 8.47. The van der Waals surface area contributed by atoms with Crippen LogP contribution in [-0.2, 0) is 0 Å². The maximum Gasteiger partial charge on any atom is 0.251 e. The van der Waals surface area contributed by atoms with E-state index in [1.54, 1.807) is 48.5 Å². The number of fused-ring (bicyclic) bond motifs is 8. The monoisotopic (exact) mass is 584 g/mol. The molecule has 0 aliphatic carbocycles. The van der Waals surface area contributed by atoms with Gasteiger partial charge in [-0.2, -0.15) is 0 Å². The van der Waals surface area contributed by atoms with Gasteiger partial charge in [0.2, 0.25) is 0 Å². The maximum atomic E-state index is 12.5. The molecule has 0 radical (unpaired) electrons. The highest BCUT2D eigenvalue weighted by atomic mass is 35.5. The first-order valence-electron chi connectivity index (χ1n) is 15.0. The van der Waals surface area contributed by atoms with Gasteiger partial charge in [-0.05, 0) is 131 Å². The molecule has 2 aromatic carbocycles. The average Bonchev–Trinajstić information content (AvgIpc) is 3.41.